The van der Waals surface area contributed by atoms with Crippen LogP contribution in [-0.4, -0.2) is 49.8 Å². The van der Waals surface area contributed by atoms with E-state index < -0.39 is 36.7 Å². The van der Waals surface area contributed by atoms with Crippen molar-refractivity contribution in [2.75, 3.05) is 6.61 Å². The van der Waals surface area contributed by atoms with Gasteiger partial charge in [0.1, 0.15) is 29.8 Å². The molecule has 0 aromatic carbocycles. The quantitative estimate of drug-likeness (QED) is 0.561. The summed E-state index contributed by atoms with van der Waals surface area (Å²) in [7, 11) is 0. The van der Waals surface area contributed by atoms with Gasteiger partial charge in [-0.15, -0.1) is 0 Å². The molecule has 0 bridgehead atoms. The van der Waals surface area contributed by atoms with E-state index in [1.54, 1.807) is 0 Å². The number of rotatable bonds is 2. The summed E-state index contributed by atoms with van der Waals surface area (Å²) in [5.41, 5.74) is -0.514. The summed E-state index contributed by atoms with van der Waals surface area (Å²) < 4.78 is 6.18. The second-order valence-corrected chi connectivity index (χ2v) is 4.07. The molecule has 1 aromatic heterocycles. The molecule has 0 aliphatic carbocycles. The van der Waals surface area contributed by atoms with Crippen LogP contribution in [0.3, 0.4) is 0 Å². The highest BCUT2D eigenvalue weighted by Crippen LogP contribution is 2.27. The summed E-state index contributed by atoms with van der Waals surface area (Å²) in [4.78, 5) is 15.3. The highest BCUT2D eigenvalue weighted by atomic mass is 35.5. The fourth-order valence-electron chi connectivity index (χ4n) is 1.69. The van der Waals surface area contributed by atoms with Crippen LogP contribution in [0.15, 0.2) is 17.2 Å². The molecule has 94 valence electrons. The van der Waals surface area contributed by atoms with Crippen molar-refractivity contribution in [2.45, 2.75) is 24.5 Å². The van der Waals surface area contributed by atoms with Crippen LogP contribution in [0.25, 0.3) is 0 Å². The molecule has 8 heteroatoms. The fraction of sp³-hybridized carbons (Fsp3) is 0.556. The molecule has 0 unspecified atom stereocenters. The van der Waals surface area contributed by atoms with Gasteiger partial charge in [-0.1, -0.05) is 11.6 Å². The second-order valence-electron chi connectivity index (χ2n) is 3.69. The predicted octanol–water partition coefficient (Wildman–Crippen LogP) is -1.49. The van der Waals surface area contributed by atoms with Crippen LogP contribution in [0.5, 0.6) is 0 Å². The molecule has 4 atom stereocenters. The number of hydrogen-bond acceptors (Lipinski definition) is 6. The number of aliphatic hydroxyl groups is 3. The van der Waals surface area contributed by atoms with E-state index >= 15 is 0 Å². The van der Waals surface area contributed by atoms with E-state index in [1.807, 2.05) is 0 Å². The van der Waals surface area contributed by atoms with Gasteiger partial charge in [0, 0.05) is 6.07 Å². The maximum atomic E-state index is 11.6. The lowest BCUT2D eigenvalue weighted by atomic mass is 10.1. The van der Waals surface area contributed by atoms with Crippen molar-refractivity contribution >= 4 is 11.6 Å². The molecule has 3 N–H and O–H groups in total. The minimum atomic E-state index is -1.31. The topological polar surface area (TPSA) is 105 Å². The first-order chi connectivity index (χ1) is 8.04. The Balaban J connectivity index is 2.32. The maximum absolute atomic E-state index is 11.6. The summed E-state index contributed by atoms with van der Waals surface area (Å²) in [5, 5.41) is 28.2. The second kappa shape index (κ2) is 4.71. The molecule has 1 aliphatic rings. The van der Waals surface area contributed by atoms with Gasteiger partial charge in [-0.3, -0.25) is 9.36 Å². The zero-order valence-corrected chi connectivity index (χ0v) is 9.36. The predicted molar refractivity (Wildman–Crippen MR) is 56.5 cm³/mol. The summed E-state index contributed by atoms with van der Waals surface area (Å²) in [6.45, 7) is -0.454. The van der Waals surface area contributed by atoms with Gasteiger partial charge in [-0.2, -0.15) is 0 Å². The molecule has 17 heavy (non-hydrogen) atoms. The minimum Gasteiger partial charge on any atom is -0.394 e. The van der Waals surface area contributed by atoms with Crippen molar-refractivity contribution in [3.8, 4) is 0 Å². The molecule has 0 spiro atoms. The van der Waals surface area contributed by atoms with Crippen molar-refractivity contribution < 1.29 is 20.1 Å². The van der Waals surface area contributed by atoms with Crippen LogP contribution in [-0.2, 0) is 4.74 Å². The molecule has 0 radical (unpaired) electrons. The van der Waals surface area contributed by atoms with Crippen molar-refractivity contribution in [1.82, 2.24) is 9.55 Å². The van der Waals surface area contributed by atoms with Crippen LogP contribution in [0.1, 0.15) is 6.23 Å². The molecule has 2 heterocycles. The summed E-state index contributed by atoms with van der Waals surface area (Å²) in [5.74, 6) is 0. The largest absolute Gasteiger partial charge is 0.394 e. The average molecular weight is 263 g/mol. The van der Waals surface area contributed by atoms with Crippen LogP contribution in [0.4, 0.5) is 0 Å². The third-order valence-corrected chi connectivity index (χ3v) is 2.80. The molecular weight excluding hydrogens is 252 g/mol. The van der Waals surface area contributed by atoms with Crippen LogP contribution >= 0.6 is 11.6 Å². The lowest BCUT2D eigenvalue weighted by Gasteiger charge is -2.16. The Bertz CT molecular complexity index is 465. The molecular formula is C9H11ClN2O5. The number of aliphatic hydroxyl groups excluding tert-OH is 3. The van der Waals surface area contributed by atoms with E-state index in [0.29, 0.717) is 0 Å². The fourth-order valence-corrected chi connectivity index (χ4v) is 1.83. The Labute approximate surface area is 101 Å². The number of nitrogens with zero attached hydrogens (tertiary/aromatic N) is 2. The SMILES string of the molecule is O=c1cc(Cl)ncn1[C@@H]1O[C@H](CO)[C@@H](O)[C@H]1O. The van der Waals surface area contributed by atoms with Gasteiger partial charge in [0.2, 0.25) is 0 Å². The van der Waals surface area contributed by atoms with E-state index in [2.05, 4.69) is 4.98 Å². The van der Waals surface area contributed by atoms with E-state index in [-0.39, 0.29) is 5.15 Å². The van der Waals surface area contributed by atoms with Crippen molar-refractivity contribution in [3.63, 3.8) is 0 Å². The zero-order valence-electron chi connectivity index (χ0n) is 8.60. The third kappa shape index (κ3) is 2.20. The minimum absolute atomic E-state index is 0.0259. The molecule has 0 saturated carbocycles. The lowest BCUT2D eigenvalue weighted by Crippen LogP contribution is -2.35. The Morgan fingerprint density at radius 2 is 2.18 bits per heavy atom. The van der Waals surface area contributed by atoms with Crippen molar-refractivity contribution in [1.29, 1.82) is 0 Å². The van der Waals surface area contributed by atoms with Gasteiger partial charge < -0.3 is 20.1 Å². The Morgan fingerprint density at radius 3 is 2.71 bits per heavy atom. The van der Waals surface area contributed by atoms with Gasteiger partial charge >= 0.3 is 0 Å². The van der Waals surface area contributed by atoms with Gasteiger partial charge in [-0.05, 0) is 0 Å². The van der Waals surface area contributed by atoms with Gasteiger partial charge in [0.25, 0.3) is 5.56 Å². The highest BCUT2D eigenvalue weighted by molar-refractivity contribution is 6.29. The number of ether oxygens (including phenoxy) is 1. The average Bonchev–Trinajstić information content (AvgIpc) is 2.57. The van der Waals surface area contributed by atoms with Gasteiger partial charge in [0.15, 0.2) is 6.23 Å². The highest BCUT2D eigenvalue weighted by Gasteiger charge is 2.43. The summed E-state index contributed by atoms with van der Waals surface area (Å²) in [6.07, 6.45) is -3.47. The smallest absolute Gasteiger partial charge is 0.257 e. The maximum Gasteiger partial charge on any atom is 0.257 e. The van der Waals surface area contributed by atoms with Crippen LogP contribution in [0, 0.1) is 0 Å². The Hall–Kier alpha value is -0.990. The van der Waals surface area contributed by atoms with E-state index in [4.69, 9.17) is 21.4 Å². The summed E-state index contributed by atoms with van der Waals surface area (Å²) >= 11 is 5.53. The normalized spacial score (nSPS) is 32.9. The van der Waals surface area contributed by atoms with Crippen molar-refractivity contribution in [2.24, 2.45) is 0 Å². The third-order valence-electron chi connectivity index (χ3n) is 2.59. The molecule has 1 aliphatic heterocycles. The Morgan fingerprint density at radius 1 is 1.47 bits per heavy atom. The van der Waals surface area contributed by atoms with E-state index in [9.17, 15) is 15.0 Å². The number of halogens is 1. The van der Waals surface area contributed by atoms with Gasteiger partial charge in [0.05, 0.1) is 6.61 Å². The first-order valence-electron chi connectivity index (χ1n) is 4.90. The number of hydrogen-bond donors (Lipinski definition) is 3. The van der Waals surface area contributed by atoms with Gasteiger partial charge in [-0.25, -0.2) is 4.98 Å². The Kier molecular flexibility index (Phi) is 3.45. The molecule has 2 rings (SSSR count). The molecule has 0 amide bonds. The summed E-state index contributed by atoms with van der Waals surface area (Å²) in [6, 6.07) is 1.07. The van der Waals surface area contributed by atoms with Crippen molar-refractivity contribution in [3.05, 3.63) is 27.9 Å². The standard InChI is InChI=1S/C9H11ClN2O5/c10-5-1-6(14)12(3-11-5)9-8(16)7(15)4(2-13)17-9/h1,3-4,7-9,13,15-16H,2H2/t4-,7-,8-,9-/m1/s1. The van der Waals surface area contributed by atoms with E-state index in [0.717, 1.165) is 17.0 Å². The van der Waals surface area contributed by atoms with Crippen LogP contribution in [0.2, 0.25) is 5.15 Å². The zero-order chi connectivity index (χ0) is 12.6. The molecule has 1 saturated heterocycles. The molecule has 1 fully saturated rings. The number of aromatic nitrogens is 2. The lowest BCUT2D eigenvalue weighted by molar-refractivity contribution is -0.0548. The molecule has 1 aromatic rings. The van der Waals surface area contributed by atoms with Crippen LogP contribution < -0.4 is 5.56 Å². The first-order valence-corrected chi connectivity index (χ1v) is 5.28. The molecule has 7 nitrogen and oxygen atoms in total. The first kappa shape index (κ1) is 12.5. The van der Waals surface area contributed by atoms with E-state index in [1.165, 1.54) is 0 Å². The monoisotopic (exact) mass is 262 g/mol.